The van der Waals surface area contributed by atoms with Crippen molar-refractivity contribution in [3.05, 3.63) is 47.3 Å². The van der Waals surface area contributed by atoms with E-state index in [9.17, 15) is 0 Å². The molecule has 0 unspecified atom stereocenters. The van der Waals surface area contributed by atoms with E-state index >= 15 is 0 Å². The van der Waals surface area contributed by atoms with Gasteiger partial charge in [0, 0.05) is 18.4 Å². The Morgan fingerprint density at radius 2 is 1.89 bits per heavy atom. The third-order valence-electron chi connectivity index (χ3n) is 4.62. The first-order valence-corrected chi connectivity index (χ1v) is 10.1. The summed E-state index contributed by atoms with van der Waals surface area (Å²) in [5.41, 5.74) is 9.99. The molecule has 1 rings (SSSR count). The van der Waals surface area contributed by atoms with Gasteiger partial charge in [-0.15, -0.1) is 0 Å². The molecule has 0 aliphatic carbocycles. The van der Waals surface area contributed by atoms with Crippen LogP contribution in [-0.2, 0) is 6.42 Å². The quantitative estimate of drug-likeness (QED) is 0.219. The fourth-order valence-corrected chi connectivity index (χ4v) is 2.94. The molecule has 0 aliphatic heterocycles. The fraction of sp³-hybridized carbons (Fsp3) is 0.522. The first-order chi connectivity index (χ1) is 13.4. The van der Waals surface area contributed by atoms with Crippen LogP contribution in [-0.4, -0.2) is 26.6 Å². The number of hydrogen-bond acceptors (Lipinski definition) is 4. The number of aliphatic imine (C=N–C) groups is 1. The van der Waals surface area contributed by atoms with Crippen molar-refractivity contribution in [2.75, 3.05) is 20.8 Å². The molecular weight excluding hydrogens is 350 g/mol. The van der Waals surface area contributed by atoms with Gasteiger partial charge in [-0.3, -0.25) is 0 Å². The molecule has 3 N–H and O–H groups in total. The lowest BCUT2D eigenvalue weighted by Crippen LogP contribution is -2.15. The van der Waals surface area contributed by atoms with Crippen LogP contribution >= 0.6 is 0 Å². The van der Waals surface area contributed by atoms with Gasteiger partial charge in [-0.05, 0) is 74.8 Å². The minimum Gasteiger partial charge on any atom is -0.496 e. The Hall–Kier alpha value is -2.43. The Morgan fingerprint density at radius 3 is 2.50 bits per heavy atom. The molecular formula is C23H37N3O2. The average molecular weight is 388 g/mol. The van der Waals surface area contributed by atoms with Crippen molar-refractivity contribution in [1.29, 1.82) is 0 Å². The Morgan fingerprint density at radius 1 is 1.18 bits per heavy atom. The monoisotopic (exact) mass is 387 g/mol. The second-order valence-electron chi connectivity index (χ2n) is 7.02. The second kappa shape index (κ2) is 12.9. The van der Waals surface area contributed by atoms with E-state index in [0.717, 1.165) is 73.4 Å². The van der Waals surface area contributed by atoms with Crippen LogP contribution in [0.3, 0.4) is 0 Å². The lowest BCUT2D eigenvalue weighted by Gasteiger charge is -2.14. The van der Waals surface area contributed by atoms with Gasteiger partial charge in [0.1, 0.15) is 11.5 Å². The molecule has 0 spiro atoms. The van der Waals surface area contributed by atoms with Gasteiger partial charge < -0.3 is 20.5 Å². The molecule has 0 heterocycles. The molecule has 1 aromatic rings. The van der Waals surface area contributed by atoms with Crippen molar-refractivity contribution in [3.8, 4) is 11.5 Å². The van der Waals surface area contributed by atoms with Crippen LogP contribution in [0, 0.1) is 6.92 Å². The molecule has 1 aromatic carbocycles. The van der Waals surface area contributed by atoms with Crippen LogP contribution in [0.15, 0.2) is 41.2 Å². The third kappa shape index (κ3) is 8.07. The highest BCUT2D eigenvalue weighted by Crippen LogP contribution is 2.29. The van der Waals surface area contributed by atoms with E-state index in [1.165, 1.54) is 5.56 Å². The topological polar surface area (TPSA) is 68.9 Å². The standard InChI is InChI=1S/C23H37N3O2/c1-7-8-13-25-18(3)21(16-26-19(4)24)12-10-9-11-20-15-22(27-5)17(2)14-23(20)28-6/h14-16,25H,3,7-13H2,1-2,4-6H3,(H2,24,26)/b21-16-. The summed E-state index contributed by atoms with van der Waals surface area (Å²) >= 11 is 0. The SMILES string of the molecule is C=C(NCCCC)/C(=C\N=C(/C)N)CCCCc1cc(OC)c(C)cc1OC. The highest BCUT2D eigenvalue weighted by Gasteiger charge is 2.09. The third-order valence-corrected chi connectivity index (χ3v) is 4.62. The van der Waals surface area contributed by atoms with Crippen LogP contribution < -0.4 is 20.5 Å². The molecule has 0 radical (unpaired) electrons. The summed E-state index contributed by atoms with van der Waals surface area (Å²) in [4.78, 5) is 4.27. The number of hydrogen-bond donors (Lipinski definition) is 2. The van der Waals surface area contributed by atoms with Gasteiger partial charge in [-0.25, -0.2) is 4.99 Å². The summed E-state index contributed by atoms with van der Waals surface area (Å²) in [5.74, 6) is 2.37. The maximum Gasteiger partial charge on any atom is 0.122 e. The zero-order valence-corrected chi connectivity index (χ0v) is 18.2. The van der Waals surface area contributed by atoms with Gasteiger partial charge in [-0.1, -0.05) is 19.9 Å². The van der Waals surface area contributed by atoms with Gasteiger partial charge in [-0.2, -0.15) is 0 Å². The van der Waals surface area contributed by atoms with Gasteiger partial charge in [0.15, 0.2) is 0 Å². The summed E-state index contributed by atoms with van der Waals surface area (Å²) in [6, 6.07) is 4.12. The predicted molar refractivity (Wildman–Crippen MR) is 119 cm³/mol. The average Bonchev–Trinajstić information content (AvgIpc) is 2.67. The largest absolute Gasteiger partial charge is 0.496 e. The highest BCUT2D eigenvalue weighted by molar-refractivity contribution is 5.78. The number of methoxy groups -OCH3 is 2. The molecule has 156 valence electrons. The highest BCUT2D eigenvalue weighted by atomic mass is 16.5. The van der Waals surface area contributed by atoms with Crippen molar-refractivity contribution in [2.45, 2.75) is 59.3 Å². The molecule has 0 saturated carbocycles. The number of nitrogens with one attached hydrogen (secondary N) is 1. The van der Waals surface area contributed by atoms with Crippen molar-refractivity contribution in [3.63, 3.8) is 0 Å². The molecule has 28 heavy (non-hydrogen) atoms. The normalized spacial score (nSPS) is 12.0. The van der Waals surface area contributed by atoms with Gasteiger partial charge in [0.05, 0.1) is 20.1 Å². The van der Waals surface area contributed by atoms with Crippen molar-refractivity contribution in [1.82, 2.24) is 5.32 Å². The minimum absolute atomic E-state index is 0.551. The van der Waals surface area contributed by atoms with Crippen LogP contribution in [0.25, 0.3) is 0 Å². The number of unbranched alkanes of at least 4 members (excludes halogenated alkanes) is 2. The molecule has 0 aromatic heterocycles. The molecule has 0 aliphatic rings. The molecule has 0 fully saturated rings. The van der Waals surface area contributed by atoms with Crippen LogP contribution in [0.5, 0.6) is 11.5 Å². The smallest absolute Gasteiger partial charge is 0.122 e. The summed E-state index contributed by atoms with van der Waals surface area (Å²) in [7, 11) is 3.41. The van der Waals surface area contributed by atoms with E-state index in [4.69, 9.17) is 15.2 Å². The maximum atomic E-state index is 5.69. The molecule has 0 bridgehead atoms. The number of benzene rings is 1. The Bertz CT molecular complexity index is 689. The molecule has 0 saturated heterocycles. The summed E-state index contributed by atoms with van der Waals surface area (Å²) in [6.07, 6.45) is 8.02. The van der Waals surface area contributed by atoms with E-state index in [1.54, 1.807) is 21.1 Å². The Kier molecular flexibility index (Phi) is 10.8. The zero-order valence-electron chi connectivity index (χ0n) is 18.2. The predicted octanol–water partition coefficient (Wildman–Crippen LogP) is 4.89. The van der Waals surface area contributed by atoms with Gasteiger partial charge >= 0.3 is 0 Å². The second-order valence-corrected chi connectivity index (χ2v) is 7.02. The minimum atomic E-state index is 0.551. The number of nitrogens with two attached hydrogens (primary N) is 1. The number of allylic oxidation sites excluding steroid dienone is 1. The van der Waals surface area contributed by atoms with E-state index in [1.807, 2.05) is 19.2 Å². The van der Waals surface area contributed by atoms with E-state index in [2.05, 4.69) is 29.9 Å². The van der Waals surface area contributed by atoms with E-state index in [-0.39, 0.29) is 0 Å². The van der Waals surface area contributed by atoms with Crippen LogP contribution in [0.4, 0.5) is 0 Å². The van der Waals surface area contributed by atoms with Crippen LogP contribution in [0.2, 0.25) is 0 Å². The first-order valence-electron chi connectivity index (χ1n) is 10.1. The molecule has 0 amide bonds. The van der Waals surface area contributed by atoms with Gasteiger partial charge in [0.2, 0.25) is 0 Å². The maximum absolute atomic E-state index is 5.69. The number of nitrogens with zero attached hydrogens (tertiary/aromatic N) is 1. The van der Waals surface area contributed by atoms with Crippen molar-refractivity contribution < 1.29 is 9.47 Å². The van der Waals surface area contributed by atoms with Crippen LogP contribution in [0.1, 0.15) is 57.1 Å². The number of aryl methyl sites for hydroxylation is 2. The number of ether oxygens (including phenoxy) is 2. The summed E-state index contributed by atoms with van der Waals surface area (Å²) < 4.78 is 11.0. The zero-order chi connectivity index (χ0) is 20.9. The fourth-order valence-electron chi connectivity index (χ4n) is 2.94. The molecule has 5 heteroatoms. The van der Waals surface area contributed by atoms with Crippen molar-refractivity contribution in [2.24, 2.45) is 10.7 Å². The summed E-state index contributed by atoms with van der Waals surface area (Å²) in [6.45, 7) is 11.1. The van der Waals surface area contributed by atoms with E-state index in [0.29, 0.717) is 5.84 Å². The Labute approximate surface area is 170 Å². The number of amidine groups is 1. The Balaban J connectivity index is 2.70. The molecule has 5 nitrogen and oxygen atoms in total. The van der Waals surface area contributed by atoms with E-state index < -0.39 is 0 Å². The summed E-state index contributed by atoms with van der Waals surface area (Å²) in [5, 5.41) is 3.40. The van der Waals surface area contributed by atoms with Crippen molar-refractivity contribution >= 4 is 5.84 Å². The van der Waals surface area contributed by atoms with Gasteiger partial charge in [0.25, 0.3) is 0 Å². The lowest BCUT2D eigenvalue weighted by atomic mass is 10.0. The number of rotatable bonds is 13. The molecule has 0 atom stereocenters. The lowest BCUT2D eigenvalue weighted by molar-refractivity contribution is 0.395. The first kappa shape index (κ1) is 23.6.